The van der Waals surface area contributed by atoms with Gasteiger partial charge in [0.2, 0.25) is 0 Å². The van der Waals surface area contributed by atoms with Gasteiger partial charge in [-0.25, -0.2) is 4.68 Å². The maximum atomic E-state index is 12.5. The molecule has 0 aliphatic carbocycles. The minimum atomic E-state index is -0.248. The van der Waals surface area contributed by atoms with Gasteiger partial charge < -0.3 is 10.1 Å². The Labute approximate surface area is 162 Å². The average molecular weight is 388 g/mol. The SMILES string of the molecule is CCn1ncc(C(C)NC(=O)c2ccn(COc3ccccc3Cl)n2)c1C. The van der Waals surface area contributed by atoms with E-state index >= 15 is 0 Å². The maximum Gasteiger partial charge on any atom is 0.272 e. The summed E-state index contributed by atoms with van der Waals surface area (Å²) in [5, 5.41) is 12.1. The number of ether oxygens (including phenoxy) is 1. The lowest BCUT2D eigenvalue weighted by Crippen LogP contribution is -2.27. The van der Waals surface area contributed by atoms with Gasteiger partial charge in [-0.3, -0.25) is 9.48 Å². The minimum Gasteiger partial charge on any atom is -0.470 e. The Hall–Kier alpha value is -2.80. The van der Waals surface area contributed by atoms with Crippen LogP contribution in [0.15, 0.2) is 42.7 Å². The average Bonchev–Trinajstić information content (AvgIpc) is 3.27. The number of amides is 1. The Kier molecular flexibility index (Phi) is 5.81. The normalized spacial score (nSPS) is 12.0. The molecule has 0 aliphatic rings. The number of carbonyl (C=O) groups excluding carboxylic acids is 1. The van der Waals surface area contributed by atoms with Gasteiger partial charge in [0.05, 0.1) is 17.3 Å². The number of rotatable bonds is 7. The van der Waals surface area contributed by atoms with Gasteiger partial charge in [-0.2, -0.15) is 10.2 Å². The van der Waals surface area contributed by atoms with Crippen LogP contribution >= 0.6 is 11.6 Å². The van der Waals surface area contributed by atoms with Crippen molar-refractivity contribution in [2.24, 2.45) is 0 Å². The molecule has 142 valence electrons. The summed E-state index contributed by atoms with van der Waals surface area (Å²) in [6.45, 7) is 6.91. The number of aromatic nitrogens is 4. The van der Waals surface area contributed by atoms with E-state index in [1.165, 1.54) is 0 Å². The molecule has 0 bridgehead atoms. The lowest BCUT2D eigenvalue weighted by atomic mass is 10.1. The molecule has 1 N–H and O–H groups in total. The van der Waals surface area contributed by atoms with E-state index in [0.717, 1.165) is 17.8 Å². The minimum absolute atomic E-state index is 0.162. The lowest BCUT2D eigenvalue weighted by molar-refractivity contribution is 0.0932. The highest BCUT2D eigenvalue weighted by Gasteiger charge is 2.17. The van der Waals surface area contributed by atoms with Crippen LogP contribution < -0.4 is 10.1 Å². The molecular formula is C19H22ClN5O2. The standard InChI is InChI=1S/C19H22ClN5O2/c1-4-25-14(3)15(11-21-25)13(2)22-19(26)17-9-10-24(23-17)12-27-18-8-6-5-7-16(18)20/h5-11,13H,4,12H2,1-3H3,(H,22,26). The van der Waals surface area contributed by atoms with Gasteiger partial charge in [0.15, 0.2) is 6.73 Å². The number of halogens is 1. The number of aryl methyl sites for hydroxylation is 1. The van der Waals surface area contributed by atoms with E-state index in [1.54, 1.807) is 35.3 Å². The van der Waals surface area contributed by atoms with Crippen LogP contribution in [-0.4, -0.2) is 25.5 Å². The fourth-order valence-electron chi connectivity index (χ4n) is 2.81. The third-order valence-electron chi connectivity index (χ3n) is 4.32. The summed E-state index contributed by atoms with van der Waals surface area (Å²) in [6.07, 6.45) is 3.48. The molecule has 2 aromatic heterocycles. The molecule has 3 aromatic rings. The zero-order valence-electron chi connectivity index (χ0n) is 15.5. The Balaban J connectivity index is 1.61. The van der Waals surface area contributed by atoms with Crippen LogP contribution in [0.2, 0.25) is 5.02 Å². The number of benzene rings is 1. The van der Waals surface area contributed by atoms with Crippen molar-refractivity contribution in [1.29, 1.82) is 0 Å². The molecule has 2 heterocycles. The van der Waals surface area contributed by atoms with Crippen LogP contribution in [0.1, 0.15) is 41.6 Å². The van der Waals surface area contributed by atoms with Gasteiger partial charge in [-0.05, 0) is 39.0 Å². The van der Waals surface area contributed by atoms with E-state index < -0.39 is 0 Å². The van der Waals surface area contributed by atoms with Crippen molar-refractivity contribution in [3.63, 3.8) is 0 Å². The van der Waals surface area contributed by atoms with E-state index in [1.807, 2.05) is 37.6 Å². The van der Waals surface area contributed by atoms with Crippen molar-refractivity contribution in [3.05, 3.63) is 64.7 Å². The van der Waals surface area contributed by atoms with E-state index in [9.17, 15) is 4.79 Å². The summed E-state index contributed by atoms with van der Waals surface area (Å²) in [4.78, 5) is 12.5. The summed E-state index contributed by atoms with van der Waals surface area (Å²) in [7, 11) is 0. The summed E-state index contributed by atoms with van der Waals surface area (Å²) < 4.78 is 9.07. The van der Waals surface area contributed by atoms with Crippen molar-refractivity contribution >= 4 is 17.5 Å². The smallest absolute Gasteiger partial charge is 0.272 e. The first-order valence-corrected chi connectivity index (χ1v) is 9.11. The Morgan fingerprint density at radius 3 is 2.81 bits per heavy atom. The van der Waals surface area contributed by atoms with Gasteiger partial charge in [-0.1, -0.05) is 23.7 Å². The molecule has 3 rings (SSSR count). The van der Waals surface area contributed by atoms with E-state index in [-0.39, 0.29) is 18.7 Å². The largest absolute Gasteiger partial charge is 0.470 e. The maximum absolute atomic E-state index is 12.5. The number of nitrogens with one attached hydrogen (secondary N) is 1. The van der Waals surface area contributed by atoms with Gasteiger partial charge in [-0.15, -0.1) is 0 Å². The van der Waals surface area contributed by atoms with Crippen LogP contribution in [0.4, 0.5) is 0 Å². The number of hydrogen-bond acceptors (Lipinski definition) is 4. The Bertz CT molecular complexity index is 934. The Morgan fingerprint density at radius 1 is 1.33 bits per heavy atom. The fourth-order valence-corrected chi connectivity index (χ4v) is 3.00. The lowest BCUT2D eigenvalue weighted by Gasteiger charge is -2.13. The molecule has 1 aromatic carbocycles. The van der Waals surface area contributed by atoms with Gasteiger partial charge >= 0.3 is 0 Å². The van der Waals surface area contributed by atoms with Crippen LogP contribution in [0.25, 0.3) is 0 Å². The van der Waals surface area contributed by atoms with Gasteiger partial charge in [0.25, 0.3) is 5.91 Å². The van der Waals surface area contributed by atoms with Crippen molar-refractivity contribution in [2.45, 2.75) is 40.1 Å². The summed E-state index contributed by atoms with van der Waals surface area (Å²) in [6, 6.07) is 8.69. The highest BCUT2D eigenvalue weighted by molar-refractivity contribution is 6.32. The molecule has 8 heteroatoms. The molecule has 0 fully saturated rings. The topological polar surface area (TPSA) is 74.0 Å². The summed E-state index contributed by atoms with van der Waals surface area (Å²) >= 11 is 6.06. The first kappa shape index (κ1) is 19.0. The molecule has 0 saturated carbocycles. The molecule has 0 saturated heterocycles. The van der Waals surface area contributed by atoms with Crippen molar-refractivity contribution in [2.75, 3.05) is 0 Å². The summed E-state index contributed by atoms with van der Waals surface area (Å²) in [5.41, 5.74) is 2.36. The second-order valence-corrected chi connectivity index (χ2v) is 6.55. The molecule has 0 spiro atoms. The van der Waals surface area contributed by atoms with Crippen LogP contribution in [0.5, 0.6) is 5.75 Å². The third kappa shape index (κ3) is 4.31. The molecule has 1 atom stereocenters. The number of nitrogens with zero attached hydrogens (tertiary/aromatic N) is 4. The number of hydrogen-bond donors (Lipinski definition) is 1. The highest BCUT2D eigenvalue weighted by Crippen LogP contribution is 2.23. The monoisotopic (exact) mass is 387 g/mol. The van der Waals surface area contributed by atoms with E-state index in [2.05, 4.69) is 15.5 Å². The zero-order chi connectivity index (χ0) is 19.4. The highest BCUT2D eigenvalue weighted by atomic mass is 35.5. The number of carbonyl (C=O) groups is 1. The first-order chi connectivity index (χ1) is 13.0. The van der Waals surface area contributed by atoms with Crippen molar-refractivity contribution < 1.29 is 9.53 Å². The zero-order valence-corrected chi connectivity index (χ0v) is 16.3. The molecular weight excluding hydrogens is 366 g/mol. The van der Waals surface area contributed by atoms with Crippen LogP contribution in [-0.2, 0) is 13.3 Å². The van der Waals surface area contributed by atoms with Gasteiger partial charge in [0, 0.05) is 24.0 Å². The molecule has 0 aliphatic heterocycles. The first-order valence-electron chi connectivity index (χ1n) is 8.73. The second kappa shape index (κ2) is 8.26. The fraction of sp³-hybridized carbons (Fsp3) is 0.316. The Morgan fingerprint density at radius 2 is 2.11 bits per heavy atom. The predicted octanol–water partition coefficient (Wildman–Crippen LogP) is 3.59. The quantitative estimate of drug-likeness (QED) is 0.672. The summed E-state index contributed by atoms with van der Waals surface area (Å²) in [5.74, 6) is 0.320. The molecule has 27 heavy (non-hydrogen) atoms. The molecule has 7 nitrogen and oxygen atoms in total. The van der Waals surface area contributed by atoms with Crippen molar-refractivity contribution in [3.8, 4) is 5.75 Å². The third-order valence-corrected chi connectivity index (χ3v) is 4.63. The second-order valence-electron chi connectivity index (χ2n) is 6.14. The van der Waals surface area contributed by atoms with Crippen molar-refractivity contribution in [1.82, 2.24) is 24.9 Å². The molecule has 1 amide bonds. The van der Waals surface area contributed by atoms with E-state index in [0.29, 0.717) is 16.5 Å². The molecule has 0 radical (unpaired) electrons. The number of para-hydroxylation sites is 1. The van der Waals surface area contributed by atoms with Crippen LogP contribution in [0, 0.1) is 6.92 Å². The van der Waals surface area contributed by atoms with E-state index in [4.69, 9.17) is 16.3 Å². The predicted molar refractivity (Wildman–Crippen MR) is 103 cm³/mol. The van der Waals surface area contributed by atoms with Gasteiger partial charge in [0.1, 0.15) is 11.4 Å². The van der Waals surface area contributed by atoms with Crippen LogP contribution in [0.3, 0.4) is 0 Å². The molecule has 1 unspecified atom stereocenters.